The van der Waals surface area contributed by atoms with Crippen LogP contribution in [0, 0.1) is 5.92 Å². The summed E-state index contributed by atoms with van der Waals surface area (Å²) in [5.74, 6) is 0.926. The van der Waals surface area contributed by atoms with Crippen LogP contribution in [0.2, 0.25) is 0 Å². The van der Waals surface area contributed by atoms with Gasteiger partial charge in [0.15, 0.2) is 0 Å². The van der Waals surface area contributed by atoms with Crippen LogP contribution < -0.4 is 10.6 Å². The third-order valence-corrected chi connectivity index (χ3v) is 4.48. The van der Waals surface area contributed by atoms with Gasteiger partial charge in [0, 0.05) is 29.3 Å². The van der Waals surface area contributed by atoms with Gasteiger partial charge in [-0.1, -0.05) is 22.0 Å². The number of hydrogen-bond acceptors (Lipinski definition) is 2. The lowest BCUT2D eigenvalue weighted by Gasteiger charge is -2.31. The van der Waals surface area contributed by atoms with Crippen LogP contribution >= 0.6 is 15.9 Å². The molecule has 1 aromatic carbocycles. The molecule has 2 fully saturated rings. The Bertz CT molecular complexity index is 405. The first kappa shape index (κ1) is 10.6. The van der Waals surface area contributed by atoms with Crippen molar-refractivity contribution in [2.24, 2.45) is 11.7 Å². The Labute approximate surface area is 105 Å². The average molecular weight is 281 g/mol. The van der Waals surface area contributed by atoms with Crippen molar-refractivity contribution >= 4 is 21.6 Å². The Morgan fingerprint density at radius 2 is 2.25 bits per heavy atom. The first-order chi connectivity index (χ1) is 7.78. The van der Waals surface area contributed by atoms with Gasteiger partial charge in [-0.05, 0) is 42.9 Å². The van der Waals surface area contributed by atoms with Crippen LogP contribution in [-0.4, -0.2) is 12.6 Å². The Hall–Kier alpha value is -0.540. The second-order valence-electron chi connectivity index (χ2n) is 4.96. The zero-order chi connectivity index (χ0) is 11.1. The van der Waals surface area contributed by atoms with E-state index in [1.54, 1.807) is 0 Å². The van der Waals surface area contributed by atoms with E-state index >= 15 is 0 Å². The molecule has 0 radical (unpaired) electrons. The van der Waals surface area contributed by atoms with Gasteiger partial charge in [-0.2, -0.15) is 0 Å². The lowest BCUT2D eigenvalue weighted by Crippen LogP contribution is -2.32. The van der Waals surface area contributed by atoms with Gasteiger partial charge in [0.2, 0.25) is 0 Å². The third-order valence-electron chi connectivity index (χ3n) is 3.99. The minimum atomic E-state index is 0.635. The number of nitrogens with zero attached hydrogens (tertiary/aromatic N) is 1. The summed E-state index contributed by atoms with van der Waals surface area (Å²) in [4.78, 5) is 2.57. The maximum atomic E-state index is 5.82. The quantitative estimate of drug-likeness (QED) is 0.903. The molecular formula is C13H17BrN2. The normalized spacial score (nSPS) is 27.8. The second kappa shape index (κ2) is 4.04. The van der Waals surface area contributed by atoms with Crippen molar-refractivity contribution in [2.45, 2.75) is 31.8 Å². The Morgan fingerprint density at radius 1 is 1.38 bits per heavy atom. The van der Waals surface area contributed by atoms with Crippen molar-refractivity contribution in [3.63, 3.8) is 0 Å². The van der Waals surface area contributed by atoms with Gasteiger partial charge in [0.25, 0.3) is 0 Å². The number of halogens is 1. The number of anilines is 1. The molecule has 2 nitrogen and oxygen atoms in total. The van der Waals surface area contributed by atoms with Gasteiger partial charge >= 0.3 is 0 Å². The van der Waals surface area contributed by atoms with E-state index in [0.29, 0.717) is 6.54 Å². The standard InChI is InChI=1S/C13H17BrN2/c14-11-3-2-10(7-15)13(6-11)16-8-9-1-4-12(16)5-9/h2-3,6,9,12H,1,4-5,7-8,15H2. The summed E-state index contributed by atoms with van der Waals surface area (Å²) in [7, 11) is 0. The number of rotatable bonds is 2. The minimum absolute atomic E-state index is 0.635. The van der Waals surface area contributed by atoms with E-state index < -0.39 is 0 Å². The fourth-order valence-electron chi connectivity index (χ4n) is 3.20. The predicted octanol–water partition coefficient (Wildman–Crippen LogP) is 2.90. The molecule has 86 valence electrons. The molecule has 2 bridgehead atoms. The van der Waals surface area contributed by atoms with Crippen LogP contribution in [0.1, 0.15) is 24.8 Å². The summed E-state index contributed by atoms with van der Waals surface area (Å²) in [6, 6.07) is 7.22. The number of piperidine rings is 1. The van der Waals surface area contributed by atoms with E-state index in [-0.39, 0.29) is 0 Å². The van der Waals surface area contributed by atoms with Crippen molar-refractivity contribution in [2.75, 3.05) is 11.4 Å². The largest absolute Gasteiger partial charge is 0.368 e. The first-order valence-corrected chi connectivity index (χ1v) is 6.82. The number of nitrogens with two attached hydrogens (primary N) is 1. The lowest BCUT2D eigenvalue weighted by molar-refractivity contribution is 0.552. The van der Waals surface area contributed by atoms with E-state index in [9.17, 15) is 0 Å². The van der Waals surface area contributed by atoms with Gasteiger partial charge in [-0.25, -0.2) is 0 Å². The van der Waals surface area contributed by atoms with Crippen molar-refractivity contribution in [3.05, 3.63) is 28.2 Å². The highest BCUT2D eigenvalue weighted by molar-refractivity contribution is 9.10. The Balaban J connectivity index is 1.96. The van der Waals surface area contributed by atoms with Crippen LogP contribution in [0.3, 0.4) is 0 Å². The van der Waals surface area contributed by atoms with Gasteiger partial charge in [-0.15, -0.1) is 0 Å². The molecule has 1 saturated heterocycles. The van der Waals surface area contributed by atoms with Crippen molar-refractivity contribution < 1.29 is 0 Å². The summed E-state index contributed by atoms with van der Waals surface area (Å²) in [5.41, 5.74) is 8.45. The lowest BCUT2D eigenvalue weighted by atomic mass is 10.1. The fourth-order valence-corrected chi connectivity index (χ4v) is 3.55. The summed E-state index contributed by atoms with van der Waals surface area (Å²) in [6.07, 6.45) is 4.17. The summed E-state index contributed by atoms with van der Waals surface area (Å²) >= 11 is 3.56. The van der Waals surface area contributed by atoms with E-state index in [1.807, 2.05) is 0 Å². The van der Waals surface area contributed by atoms with E-state index in [2.05, 4.69) is 39.0 Å². The molecule has 2 aliphatic rings. The molecule has 0 aromatic heterocycles. The number of benzene rings is 1. The molecule has 0 spiro atoms. The maximum Gasteiger partial charge on any atom is 0.0425 e. The highest BCUT2D eigenvalue weighted by Gasteiger charge is 2.38. The van der Waals surface area contributed by atoms with Crippen molar-refractivity contribution in [3.8, 4) is 0 Å². The van der Waals surface area contributed by atoms with Crippen LogP contribution in [0.4, 0.5) is 5.69 Å². The molecule has 1 saturated carbocycles. The van der Waals surface area contributed by atoms with E-state index in [4.69, 9.17) is 5.73 Å². The Morgan fingerprint density at radius 3 is 2.88 bits per heavy atom. The molecule has 2 atom stereocenters. The van der Waals surface area contributed by atoms with Gasteiger partial charge in [0.05, 0.1) is 0 Å². The molecule has 1 heterocycles. The zero-order valence-electron chi connectivity index (χ0n) is 9.32. The highest BCUT2D eigenvalue weighted by Crippen LogP contribution is 2.41. The molecule has 16 heavy (non-hydrogen) atoms. The maximum absolute atomic E-state index is 5.82. The monoisotopic (exact) mass is 280 g/mol. The SMILES string of the molecule is NCc1ccc(Br)cc1N1CC2CCC1C2. The molecule has 2 unspecified atom stereocenters. The first-order valence-electron chi connectivity index (χ1n) is 6.03. The number of hydrogen-bond donors (Lipinski definition) is 1. The van der Waals surface area contributed by atoms with Crippen LogP contribution in [0.25, 0.3) is 0 Å². The summed E-state index contributed by atoms with van der Waals surface area (Å²) in [6.45, 7) is 1.87. The molecule has 2 N–H and O–H groups in total. The predicted molar refractivity (Wildman–Crippen MR) is 70.5 cm³/mol. The van der Waals surface area contributed by atoms with Crippen LogP contribution in [-0.2, 0) is 6.54 Å². The molecule has 0 amide bonds. The van der Waals surface area contributed by atoms with Gasteiger partial charge < -0.3 is 10.6 Å². The topological polar surface area (TPSA) is 29.3 Å². The van der Waals surface area contributed by atoms with Crippen LogP contribution in [0.15, 0.2) is 22.7 Å². The van der Waals surface area contributed by atoms with E-state index in [1.165, 1.54) is 37.1 Å². The molecule has 1 aliphatic heterocycles. The molecule has 1 aromatic rings. The summed E-state index contributed by atoms with van der Waals surface area (Å²) < 4.78 is 1.16. The molecular weight excluding hydrogens is 264 g/mol. The van der Waals surface area contributed by atoms with Crippen molar-refractivity contribution in [1.82, 2.24) is 0 Å². The molecule has 3 heteroatoms. The number of fused-ring (bicyclic) bond motifs is 2. The summed E-state index contributed by atoms with van der Waals surface area (Å²) in [5, 5.41) is 0. The fraction of sp³-hybridized carbons (Fsp3) is 0.538. The van der Waals surface area contributed by atoms with E-state index in [0.717, 1.165) is 16.4 Å². The second-order valence-corrected chi connectivity index (χ2v) is 5.88. The van der Waals surface area contributed by atoms with Gasteiger partial charge in [-0.3, -0.25) is 0 Å². The smallest absolute Gasteiger partial charge is 0.0425 e. The zero-order valence-corrected chi connectivity index (χ0v) is 10.9. The van der Waals surface area contributed by atoms with Gasteiger partial charge in [0.1, 0.15) is 0 Å². The third kappa shape index (κ3) is 1.66. The van der Waals surface area contributed by atoms with Crippen molar-refractivity contribution in [1.29, 1.82) is 0 Å². The average Bonchev–Trinajstić information content (AvgIpc) is 2.90. The van der Waals surface area contributed by atoms with Crippen LogP contribution in [0.5, 0.6) is 0 Å². The molecule has 1 aliphatic carbocycles. The minimum Gasteiger partial charge on any atom is -0.368 e. The highest BCUT2D eigenvalue weighted by atomic mass is 79.9. The molecule has 3 rings (SSSR count). The Kier molecular flexibility index (Phi) is 2.68.